The molecular weight excluding hydrogens is 338 g/mol. The molecule has 144 valence electrons. The summed E-state index contributed by atoms with van der Waals surface area (Å²) in [6.45, 7) is 9.92. The third-order valence-electron chi connectivity index (χ3n) is 4.77. The average Bonchev–Trinajstić information content (AvgIpc) is 2.68. The first-order valence-electron chi connectivity index (χ1n) is 9.68. The number of anilines is 2. The van der Waals surface area contributed by atoms with Crippen LogP contribution in [0.5, 0.6) is 5.75 Å². The fraction of sp³-hybridized carbons (Fsp3) is 0.409. The van der Waals surface area contributed by atoms with Crippen LogP contribution in [0.25, 0.3) is 0 Å². The Hall–Kier alpha value is -2.69. The van der Waals surface area contributed by atoms with Crippen LogP contribution < -0.4 is 15.0 Å². The minimum Gasteiger partial charge on any atom is -0.491 e. The molecule has 0 aromatic heterocycles. The molecule has 0 spiro atoms. The fourth-order valence-electron chi connectivity index (χ4n) is 3.25. The van der Waals surface area contributed by atoms with Gasteiger partial charge < -0.3 is 19.9 Å². The number of nitrogens with zero attached hydrogens (tertiary/aromatic N) is 2. The number of ether oxygens (including phenoxy) is 1. The Morgan fingerprint density at radius 1 is 1.04 bits per heavy atom. The first-order valence-corrected chi connectivity index (χ1v) is 9.68. The first-order chi connectivity index (χ1) is 13.1. The number of hydrogen-bond acceptors (Lipinski definition) is 3. The van der Waals surface area contributed by atoms with Gasteiger partial charge in [0.2, 0.25) is 0 Å². The van der Waals surface area contributed by atoms with Gasteiger partial charge in [0, 0.05) is 31.9 Å². The zero-order chi connectivity index (χ0) is 19.2. The molecule has 0 radical (unpaired) electrons. The number of aryl methyl sites for hydroxylation is 2. The second kappa shape index (κ2) is 8.80. The van der Waals surface area contributed by atoms with E-state index in [0.29, 0.717) is 19.7 Å². The van der Waals surface area contributed by atoms with Gasteiger partial charge in [0.15, 0.2) is 0 Å². The Labute approximate surface area is 161 Å². The van der Waals surface area contributed by atoms with Crippen LogP contribution in [0.3, 0.4) is 0 Å². The molecule has 2 amide bonds. The highest BCUT2D eigenvalue weighted by Crippen LogP contribution is 2.26. The highest BCUT2D eigenvalue weighted by molar-refractivity contribution is 5.91. The molecule has 1 N–H and O–H groups in total. The van der Waals surface area contributed by atoms with Crippen molar-refractivity contribution >= 4 is 17.4 Å². The van der Waals surface area contributed by atoms with Gasteiger partial charge in [0.05, 0.1) is 12.3 Å². The molecule has 3 rings (SSSR count). The quantitative estimate of drug-likeness (QED) is 0.849. The number of benzene rings is 2. The van der Waals surface area contributed by atoms with E-state index in [9.17, 15) is 4.79 Å². The van der Waals surface area contributed by atoms with E-state index in [-0.39, 0.29) is 6.03 Å². The largest absolute Gasteiger partial charge is 0.491 e. The molecule has 0 unspecified atom stereocenters. The summed E-state index contributed by atoms with van der Waals surface area (Å²) in [5.74, 6) is 0.739. The van der Waals surface area contributed by atoms with E-state index in [2.05, 4.69) is 48.3 Å². The average molecular weight is 367 g/mol. The van der Waals surface area contributed by atoms with E-state index < -0.39 is 0 Å². The van der Waals surface area contributed by atoms with E-state index in [0.717, 1.165) is 36.5 Å². The second-order valence-electron chi connectivity index (χ2n) is 7.09. The Morgan fingerprint density at radius 2 is 1.78 bits per heavy atom. The fourth-order valence-corrected chi connectivity index (χ4v) is 3.25. The predicted molar refractivity (Wildman–Crippen MR) is 111 cm³/mol. The van der Waals surface area contributed by atoms with E-state index in [1.165, 1.54) is 11.3 Å². The summed E-state index contributed by atoms with van der Waals surface area (Å²) in [4.78, 5) is 16.9. The van der Waals surface area contributed by atoms with E-state index >= 15 is 0 Å². The molecule has 2 aromatic rings. The summed E-state index contributed by atoms with van der Waals surface area (Å²) in [5, 5.41) is 3.02. The van der Waals surface area contributed by atoms with E-state index in [1.807, 2.05) is 30.0 Å². The van der Waals surface area contributed by atoms with Gasteiger partial charge in [0.1, 0.15) is 5.75 Å². The van der Waals surface area contributed by atoms with E-state index in [1.54, 1.807) is 0 Å². The molecule has 5 heteroatoms. The van der Waals surface area contributed by atoms with Gasteiger partial charge in [-0.15, -0.1) is 0 Å². The molecule has 27 heavy (non-hydrogen) atoms. The third kappa shape index (κ3) is 4.94. The maximum Gasteiger partial charge on any atom is 0.322 e. The molecular formula is C22H29N3O2. The van der Waals surface area contributed by atoms with Crippen molar-refractivity contribution in [1.29, 1.82) is 0 Å². The van der Waals surface area contributed by atoms with Gasteiger partial charge >= 0.3 is 6.03 Å². The lowest BCUT2D eigenvalue weighted by Gasteiger charge is -2.36. The van der Waals surface area contributed by atoms with Crippen LogP contribution in [0.15, 0.2) is 42.5 Å². The SMILES string of the molecule is CCCOc1cc(C)ccc1NC(=O)N1CCN(c2cccc(C)c2)CC1. The van der Waals surface area contributed by atoms with Gasteiger partial charge in [0.25, 0.3) is 0 Å². The Morgan fingerprint density at radius 3 is 2.48 bits per heavy atom. The molecule has 0 saturated carbocycles. The number of urea groups is 1. The zero-order valence-corrected chi connectivity index (χ0v) is 16.5. The molecule has 0 atom stereocenters. The van der Waals surface area contributed by atoms with E-state index in [4.69, 9.17) is 4.74 Å². The van der Waals surface area contributed by atoms with Gasteiger partial charge in [-0.1, -0.05) is 25.1 Å². The van der Waals surface area contributed by atoms with Crippen molar-refractivity contribution in [3.8, 4) is 5.75 Å². The maximum absolute atomic E-state index is 12.7. The second-order valence-corrected chi connectivity index (χ2v) is 7.09. The smallest absolute Gasteiger partial charge is 0.322 e. The molecule has 1 fully saturated rings. The lowest BCUT2D eigenvalue weighted by molar-refractivity contribution is 0.208. The highest BCUT2D eigenvalue weighted by Gasteiger charge is 2.22. The zero-order valence-electron chi connectivity index (χ0n) is 16.5. The lowest BCUT2D eigenvalue weighted by atomic mass is 10.2. The minimum absolute atomic E-state index is 0.0657. The van der Waals surface area contributed by atoms with Crippen molar-refractivity contribution in [2.24, 2.45) is 0 Å². The molecule has 1 saturated heterocycles. The number of piperazine rings is 1. The minimum atomic E-state index is -0.0657. The summed E-state index contributed by atoms with van der Waals surface area (Å²) in [6, 6.07) is 14.3. The van der Waals surface area contributed by atoms with Gasteiger partial charge in [-0.05, 0) is 55.7 Å². The molecule has 0 aliphatic carbocycles. The van der Waals surface area contributed by atoms with Crippen molar-refractivity contribution in [1.82, 2.24) is 4.90 Å². The number of rotatable bonds is 5. The number of nitrogens with one attached hydrogen (secondary N) is 1. The number of hydrogen-bond donors (Lipinski definition) is 1. The van der Waals surface area contributed by atoms with Crippen molar-refractivity contribution < 1.29 is 9.53 Å². The molecule has 1 aliphatic rings. The van der Waals surface area contributed by atoms with Gasteiger partial charge in [-0.2, -0.15) is 0 Å². The highest BCUT2D eigenvalue weighted by atomic mass is 16.5. The van der Waals surface area contributed by atoms with Crippen molar-refractivity contribution in [3.05, 3.63) is 53.6 Å². The standard InChI is InChI=1S/C22H29N3O2/c1-4-14-27-21-16-18(3)8-9-20(21)23-22(26)25-12-10-24(11-13-25)19-7-5-6-17(2)15-19/h5-9,15-16H,4,10-14H2,1-3H3,(H,23,26). The summed E-state index contributed by atoms with van der Waals surface area (Å²) in [7, 11) is 0. The maximum atomic E-state index is 12.7. The summed E-state index contributed by atoms with van der Waals surface area (Å²) < 4.78 is 5.80. The molecule has 1 aliphatic heterocycles. The van der Waals surface area contributed by atoms with Crippen molar-refractivity contribution in [3.63, 3.8) is 0 Å². The monoisotopic (exact) mass is 367 g/mol. The summed E-state index contributed by atoms with van der Waals surface area (Å²) >= 11 is 0. The Balaban J connectivity index is 1.60. The van der Waals surface area contributed by atoms with Crippen molar-refractivity contribution in [2.75, 3.05) is 43.0 Å². The topological polar surface area (TPSA) is 44.8 Å². The molecule has 1 heterocycles. The Bertz CT molecular complexity index is 783. The van der Waals surface area contributed by atoms with Crippen LogP contribution in [0.2, 0.25) is 0 Å². The number of amides is 2. The predicted octanol–water partition coefficient (Wildman–Crippen LogP) is 4.45. The third-order valence-corrected chi connectivity index (χ3v) is 4.77. The Kier molecular flexibility index (Phi) is 6.22. The van der Waals surface area contributed by atoms with Crippen LogP contribution in [-0.2, 0) is 0 Å². The first kappa shape index (κ1) is 19.1. The van der Waals surface area contributed by atoms with Crippen LogP contribution >= 0.6 is 0 Å². The molecule has 0 bridgehead atoms. The van der Waals surface area contributed by atoms with Crippen LogP contribution in [0, 0.1) is 13.8 Å². The number of carbonyl (C=O) groups excluding carboxylic acids is 1. The molecule has 2 aromatic carbocycles. The summed E-state index contributed by atoms with van der Waals surface area (Å²) in [5.41, 5.74) is 4.33. The lowest BCUT2D eigenvalue weighted by Crippen LogP contribution is -2.50. The van der Waals surface area contributed by atoms with Crippen LogP contribution in [0.1, 0.15) is 24.5 Å². The van der Waals surface area contributed by atoms with Crippen LogP contribution in [0.4, 0.5) is 16.2 Å². The molecule has 5 nitrogen and oxygen atoms in total. The summed E-state index contributed by atoms with van der Waals surface area (Å²) in [6.07, 6.45) is 0.933. The van der Waals surface area contributed by atoms with Crippen molar-refractivity contribution in [2.45, 2.75) is 27.2 Å². The number of carbonyl (C=O) groups is 1. The normalized spacial score (nSPS) is 14.2. The van der Waals surface area contributed by atoms with Gasteiger partial charge in [-0.3, -0.25) is 0 Å². The van der Waals surface area contributed by atoms with Gasteiger partial charge in [-0.25, -0.2) is 4.79 Å². The van der Waals surface area contributed by atoms with Crippen LogP contribution in [-0.4, -0.2) is 43.7 Å².